The first-order valence-corrected chi connectivity index (χ1v) is 7.69. The zero-order valence-electron chi connectivity index (χ0n) is 9.44. The van der Waals surface area contributed by atoms with E-state index in [1.54, 1.807) is 0 Å². The molecule has 0 unspecified atom stereocenters. The quantitative estimate of drug-likeness (QED) is 0.568. The lowest BCUT2D eigenvalue weighted by Gasteiger charge is -2.07. The number of hydrogen-bond acceptors (Lipinski definition) is 3. The fourth-order valence-electron chi connectivity index (χ4n) is 1.82. The van der Waals surface area contributed by atoms with Crippen LogP contribution in [-0.2, 0) is 0 Å². The number of rotatable bonds is 1. The van der Waals surface area contributed by atoms with Gasteiger partial charge in [-0.1, -0.05) is 15.9 Å². The van der Waals surface area contributed by atoms with Crippen molar-refractivity contribution in [1.82, 2.24) is 14.6 Å². The van der Waals surface area contributed by atoms with Crippen LogP contribution < -0.4 is 5.73 Å². The lowest BCUT2D eigenvalue weighted by Crippen LogP contribution is -1.96. The van der Waals surface area contributed by atoms with Gasteiger partial charge in [0.05, 0.1) is 5.69 Å². The third kappa shape index (κ3) is 2.30. The van der Waals surface area contributed by atoms with E-state index in [0.29, 0.717) is 11.5 Å². The maximum absolute atomic E-state index is 6.11. The first-order chi connectivity index (χ1) is 9.06. The number of hydrogen-bond donors (Lipinski definition) is 1. The van der Waals surface area contributed by atoms with Gasteiger partial charge in [-0.3, -0.25) is 4.40 Å². The number of pyridine rings is 1. The van der Waals surface area contributed by atoms with Gasteiger partial charge in [0.2, 0.25) is 0 Å². The topological polar surface area (TPSA) is 56.2 Å². The van der Waals surface area contributed by atoms with Gasteiger partial charge in [0.15, 0.2) is 11.5 Å². The second kappa shape index (κ2) is 4.88. The zero-order valence-corrected chi connectivity index (χ0v) is 14.2. The van der Waals surface area contributed by atoms with Crippen molar-refractivity contribution in [1.29, 1.82) is 0 Å². The number of halogens is 3. The van der Waals surface area contributed by atoms with E-state index < -0.39 is 0 Å². The molecule has 0 bridgehead atoms. The van der Waals surface area contributed by atoms with Crippen LogP contribution in [0.25, 0.3) is 17.0 Å². The highest BCUT2D eigenvalue weighted by atomic mass is 79.9. The maximum atomic E-state index is 6.11. The molecule has 0 aliphatic carbocycles. The van der Waals surface area contributed by atoms with Crippen LogP contribution in [0.5, 0.6) is 0 Å². The van der Waals surface area contributed by atoms with E-state index in [4.69, 9.17) is 5.73 Å². The number of anilines is 1. The van der Waals surface area contributed by atoms with E-state index in [0.717, 1.165) is 24.6 Å². The maximum Gasteiger partial charge on any atom is 0.170 e. The fraction of sp³-hybridized carbons (Fsp3) is 0. The number of nitrogens with two attached hydrogens (primary N) is 1. The number of benzene rings is 1. The molecule has 0 saturated carbocycles. The summed E-state index contributed by atoms with van der Waals surface area (Å²) in [4.78, 5) is 0. The Morgan fingerprint density at radius 2 is 1.79 bits per heavy atom. The molecular weight excluding hydrogens is 440 g/mol. The standard InChI is InChI=1S/C12H7Br3N4/c13-6-1-2-10-17-18-12(19(10)5-6)8-3-7(14)4-9(15)11(8)16/h1-5H,16H2. The third-order valence-electron chi connectivity index (χ3n) is 2.70. The summed E-state index contributed by atoms with van der Waals surface area (Å²) in [6, 6.07) is 7.65. The summed E-state index contributed by atoms with van der Waals surface area (Å²) in [5.41, 5.74) is 8.35. The van der Waals surface area contributed by atoms with Crippen LogP contribution in [0, 0.1) is 0 Å². The van der Waals surface area contributed by atoms with Crippen molar-refractivity contribution in [2.24, 2.45) is 0 Å². The van der Waals surface area contributed by atoms with Gasteiger partial charge in [0.25, 0.3) is 0 Å². The molecule has 19 heavy (non-hydrogen) atoms. The number of nitrogen functional groups attached to an aromatic ring is 1. The van der Waals surface area contributed by atoms with Gasteiger partial charge in [-0.05, 0) is 56.1 Å². The molecular formula is C12H7Br3N4. The van der Waals surface area contributed by atoms with Crippen LogP contribution in [0.4, 0.5) is 5.69 Å². The average molecular weight is 447 g/mol. The Labute approximate surface area is 134 Å². The molecule has 0 saturated heterocycles. The second-order valence-electron chi connectivity index (χ2n) is 3.95. The Bertz CT molecular complexity index is 782. The molecule has 0 amide bonds. The lowest BCUT2D eigenvalue weighted by molar-refractivity contribution is 1.11. The fourth-order valence-corrected chi connectivity index (χ4v) is 3.38. The molecule has 1 aromatic carbocycles. The van der Waals surface area contributed by atoms with Crippen molar-refractivity contribution >= 4 is 59.1 Å². The van der Waals surface area contributed by atoms with E-state index in [1.165, 1.54) is 0 Å². The smallest absolute Gasteiger partial charge is 0.170 e. The molecule has 2 N–H and O–H groups in total. The first kappa shape index (κ1) is 13.1. The van der Waals surface area contributed by atoms with E-state index in [-0.39, 0.29) is 0 Å². The Kier molecular flexibility index (Phi) is 3.36. The largest absolute Gasteiger partial charge is 0.397 e. The molecule has 3 rings (SSSR count). The molecule has 2 heterocycles. The van der Waals surface area contributed by atoms with Gasteiger partial charge in [-0.15, -0.1) is 10.2 Å². The van der Waals surface area contributed by atoms with Gasteiger partial charge in [0, 0.05) is 25.2 Å². The van der Waals surface area contributed by atoms with E-state index in [9.17, 15) is 0 Å². The normalized spacial score (nSPS) is 11.1. The molecule has 0 aliphatic heterocycles. The summed E-state index contributed by atoms with van der Waals surface area (Å²) in [5, 5.41) is 8.36. The Balaban J connectivity index is 2.33. The molecule has 0 atom stereocenters. The molecule has 0 radical (unpaired) electrons. The summed E-state index contributed by atoms with van der Waals surface area (Å²) in [6.45, 7) is 0. The highest BCUT2D eigenvalue weighted by Gasteiger charge is 2.14. The Hall–Kier alpha value is -0.920. The van der Waals surface area contributed by atoms with Crippen LogP contribution in [0.3, 0.4) is 0 Å². The second-order valence-corrected chi connectivity index (χ2v) is 6.63. The van der Waals surface area contributed by atoms with Gasteiger partial charge >= 0.3 is 0 Å². The first-order valence-electron chi connectivity index (χ1n) is 5.31. The molecule has 0 aliphatic rings. The molecule has 0 fully saturated rings. The molecule has 2 aromatic heterocycles. The Morgan fingerprint density at radius 3 is 2.58 bits per heavy atom. The van der Waals surface area contributed by atoms with Crippen molar-refractivity contribution in [3.8, 4) is 11.4 Å². The van der Waals surface area contributed by atoms with Gasteiger partial charge in [-0.25, -0.2) is 0 Å². The van der Waals surface area contributed by atoms with Crippen LogP contribution in [0.2, 0.25) is 0 Å². The van der Waals surface area contributed by atoms with Gasteiger partial charge in [-0.2, -0.15) is 0 Å². The zero-order chi connectivity index (χ0) is 13.6. The highest BCUT2D eigenvalue weighted by molar-refractivity contribution is 9.11. The average Bonchev–Trinajstić information content (AvgIpc) is 2.76. The summed E-state index contributed by atoms with van der Waals surface area (Å²) in [7, 11) is 0. The van der Waals surface area contributed by atoms with Crippen LogP contribution in [-0.4, -0.2) is 14.6 Å². The van der Waals surface area contributed by atoms with E-state index >= 15 is 0 Å². The number of aromatic nitrogens is 3. The SMILES string of the molecule is Nc1c(Br)cc(Br)cc1-c1nnc2ccc(Br)cn12. The molecule has 7 heteroatoms. The third-order valence-corrected chi connectivity index (χ3v) is 4.28. The van der Waals surface area contributed by atoms with E-state index in [1.807, 2.05) is 34.9 Å². The predicted molar refractivity (Wildman–Crippen MR) is 85.9 cm³/mol. The molecule has 3 aromatic rings. The van der Waals surface area contributed by atoms with Crippen LogP contribution >= 0.6 is 47.8 Å². The molecule has 96 valence electrons. The summed E-state index contributed by atoms with van der Waals surface area (Å²) >= 11 is 10.3. The minimum atomic E-state index is 0.637. The molecule has 0 spiro atoms. The molecule has 4 nitrogen and oxygen atoms in total. The minimum Gasteiger partial charge on any atom is -0.397 e. The van der Waals surface area contributed by atoms with Crippen LogP contribution in [0.15, 0.2) is 43.9 Å². The van der Waals surface area contributed by atoms with Crippen molar-refractivity contribution in [2.45, 2.75) is 0 Å². The van der Waals surface area contributed by atoms with Crippen LogP contribution in [0.1, 0.15) is 0 Å². The summed E-state index contributed by atoms with van der Waals surface area (Å²) in [5.74, 6) is 0.704. The predicted octanol–water partition coefficient (Wildman–Crippen LogP) is 4.27. The summed E-state index contributed by atoms with van der Waals surface area (Å²) < 4.78 is 4.60. The summed E-state index contributed by atoms with van der Waals surface area (Å²) in [6.07, 6.45) is 1.92. The number of fused-ring (bicyclic) bond motifs is 1. The monoisotopic (exact) mass is 444 g/mol. The van der Waals surface area contributed by atoms with Crippen molar-refractivity contribution in [3.63, 3.8) is 0 Å². The lowest BCUT2D eigenvalue weighted by atomic mass is 10.1. The van der Waals surface area contributed by atoms with Gasteiger partial charge in [0.1, 0.15) is 0 Å². The van der Waals surface area contributed by atoms with Gasteiger partial charge < -0.3 is 5.73 Å². The van der Waals surface area contributed by atoms with Crippen molar-refractivity contribution < 1.29 is 0 Å². The highest BCUT2D eigenvalue weighted by Crippen LogP contribution is 2.34. The van der Waals surface area contributed by atoms with Crippen molar-refractivity contribution in [3.05, 3.63) is 43.9 Å². The van der Waals surface area contributed by atoms with E-state index in [2.05, 4.69) is 58.0 Å². The Morgan fingerprint density at radius 1 is 1.00 bits per heavy atom. The minimum absolute atomic E-state index is 0.637. The number of nitrogens with zero attached hydrogens (tertiary/aromatic N) is 3. The van der Waals surface area contributed by atoms with Crippen molar-refractivity contribution in [2.75, 3.05) is 5.73 Å².